The van der Waals surface area contributed by atoms with Crippen LogP contribution in [0, 0.1) is 6.92 Å². The van der Waals surface area contributed by atoms with Gasteiger partial charge in [0.15, 0.2) is 5.82 Å². The van der Waals surface area contributed by atoms with Crippen molar-refractivity contribution in [1.29, 1.82) is 0 Å². The lowest BCUT2D eigenvalue weighted by Crippen LogP contribution is -2.29. The number of hydrogen-bond donors (Lipinski definition) is 3. The van der Waals surface area contributed by atoms with Crippen molar-refractivity contribution in [2.75, 3.05) is 5.43 Å². The van der Waals surface area contributed by atoms with Crippen LogP contribution in [0.2, 0.25) is 5.02 Å². The molecule has 0 aliphatic carbocycles. The number of benzene rings is 2. The van der Waals surface area contributed by atoms with Gasteiger partial charge in [0.25, 0.3) is 5.91 Å². The number of amides is 1. The third-order valence-electron chi connectivity index (χ3n) is 4.09. The lowest BCUT2D eigenvalue weighted by molar-refractivity contribution is 0.0962. The van der Waals surface area contributed by atoms with Gasteiger partial charge in [-0.15, -0.1) is 0 Å². The highest BCUT2D eigenvalue weighted by atomic mass is 35.5. The summed E-state index contributed by atoms with van der Waals surface area (Å²) < 4.78 is 0. The lowest BCUT2D eigenvalue weighted by atomic mass is 10.1. The van der Waals surface area contributed by atoms with E-state index in [1.165, 1.54) is 6.20 Å². The monoisotopic (exact) mass is 378 g/mol. The van der Waals surface area contributed by atoms with Crippen LogP contribution >= 0.6 is 11.6 Å². The van der Waals surface area contributed by atoms with Crippen molar-refractivity contribution < 1.29 is 4.79 Å². The zero-order valence-corrected chi connectivity index (χ0v) is 15.1. The second kappa shape index (κ2) is 7.05. The molecule has 2 heterocycles. The van der Waals surface area contributed by atoms with Gasteiger partial charge < -0.3 is 0 Å². The van der Waals surface area contributed by atoms with Gasteiger partial charge in [0.1, 0.15) is 0 Å². The Morgan fingerprint density at radius 1 is 1.11 bits per heavy atom. The predicted octanol–water partition coefficient (Wildman–Crippen LogP) is 3.74. The summed E-state index contributed by atoms with van der Waals surface area (Å²) in [6.45, 7) is 1.91. The van der Waals surface area contributed by atoms with Crippen molar-refractivity contribution in [2.24, 2.45) is 0 Å². The maximum Gasteiger partial charge on any atom is 0.269 e. The number of fused-ring (bicyclic) bond motifs is 1. The Kier molecular flexibility index (Phi) is 4.43. The van der Waals surface area contributed by atoms with E-state index in [0.717, 1.165) is 22.2 Å². The molecule has 4 rings (SSSR count). The minimum absolute atomic E-state index is 0.281. The number of aromatic amines is 1. The molecule has 27 heavy (non-hydrogen) atoms. The molecule has 0 radical (unpaired) electrons. The Hall–Kier alpha value is -3.45. The third kappa shape index (κ3) is 3.58. The number of carbonyl (C=O) groups excluding carboxylic acids is 1. The molecule has 0 unspecified atom stereocenters. The van der Waals surface area contributed by atoms with Crippen LogP contribution in [0.15, 0.2) is 54.9 Å². The van der Waals surface area contributed by atoms with Gasteiger partial charge in [-0.2, -0.15) is 5.10 Å². The maximum atomic E-state index is 12.4. The zero-order chi connectivity index (χ0) is 18.8. The topological polar surface area (TPSA) is 95.6 Å². The molecule has 7 nitrogen and oxygen atoms in total. The maximum absolute atomic E-state index is 12.4. The number of halogens is 1. The van der Waals surface area contributed by atoms with Gasteiger partial charge in [-0.25, -0.2) is 4.98 Å². The summed E-state index contributed by atoms with van der Waals surface area (Å²) in [6.07, 6.45) is 3.18. The minimum atomic E-state index is -0.281. The van der Waals surface area contributed by atoms with Gasteiger partial charge >= 0.3 is 0 Å². The fourth-order valence-corrected chi connectivity index (χ4v) is 2.78. The Morgan fingerprint density at radius 3 is 2.74 bits per heavy atom. The SMILES string of the molecule is Cc1[nH]nc2ccc(C(=O)NNc3cncc(-c4ccc(Cl)cc4)n3)cc12. The molecule has 0 atom stereocenters. The molecular weight excluding hydrogens is 364 g/mol. The molecule has 0 saturated heterocycles. The van der Waals surface area contributed by atoms with Crippen LogP contribution in [-0.4, -0.2) is 26.1 Å². The van der Waals surface area contributed by atoms with E-state index in [1.54, 1.807) is 36.5 Å². The fraction of sp³-hybridized carbons (Fsp3) is 0.0526. The summed E-state index contributed by atoms with van der Waals surface area (Å²) >= 11 is 5.91. The van der Waals surface area contributed by atoms with Crippen molar-refractivity contribution in [2.45, 2.75) is 6.92 Å². The van der Waals surface area contributed by atoms with Crippen molar-refractivity contribution in [3.8, 4) is 11.3 Å². The van der Waals surface area contributed by atoms with E-state index in [9.17, 15) is 4.79 Å². The smallest absolute Gasteiger partial charge is 0.269 e. The summed E-state index contributed by atoms with van der Waals surface area (Å²) in [7, 11) is 0. The summed E-state index contributed by atoms with van der Waals surface area (Å²) in [5, 5.41) is 8.62. The van der Waals surface area contributed by atoms with Crippen LogP contribution < -0.4 is 10.9 Å². The average Bonchev–Trinajstić information content (AvgIpc) is 3.07. The van der Waals surface area contributed by atoms with Gasteiger partial charge in [-0.1, -0.05) is 23.7 Å². The molecule has 1 amide bonds. The first-order valence-corrected chi connectivity index (χ1v) is 8.57. The first-order valence-electron chi connectivity index (χ1n) is 8.19. The third-order valence-corrected chi connectivity index (χ3v) is 4.34. The number of anilines is 1. The zero-order valence-electron chi connectivity index (χ0n) is 14.3. The molecule has 0 saturated carbocycles. The minimum Gasteiger partial charge on any atom is -0.282 e. The number of H-pyrrole nitrogens is 1. The number of aromatic nitrogens is 4. The fourth-order valence-electron chi connectivity index (χ4n) is 2.66. The van der Waals surface area contributed by atoms with Crippen LogP contribution in [0.3, 0.4) is 0 Å². The van der Waals surface area contributed by atoms with E-state index < -0.39 is 0 Å². The van der Waals surface area contributed by atoms with E-state index in [0.29, 0.717) is 22.1 Å². The molecule has 134 valence electrons. The molecule has 0 fully saturated rings. The first kappa shape index (κ1) is 17.0. The lowest BCUT2D eigenvalue weighted by Gasteiger charge is -2.09. The number of nitrogens with one attached hydrogen (secondary N) is 3. The summed E-state index contributed by atoms with van der Waals surface area (Å²) in [5.74, 6) is 0.146. The van der Waals surface area contributed by atoms with E-state index in [2.05, 4.69) is 31.0 Å². The highest BCUT2D eigenvalue weighted by Crippen LogP contribution is 2.20. The van der Waals surface area contributed by atoms with E-state index in [4.69, 9.17) is 11.6 Å². The number of aryl methyl sites for hydroxylation is 1. The highest BCUT2D eigenvalue weighted by molar-refractivity contribution is 6.30. The number of rotatable bonds is 4. The van der Waals surface area contributed by atoms with Crippen LogP contribution in [0.4, 0.5) is 5.82 Å². The standard InChI is InChI=1S/C19H15ClN6O/c1-11-15-8-13(4-7-16(15)24-23-11)19(27)26-25-18-10-21-9-17(22-18)12-2-5-14(20)6-3-12/h2-10H,1H3,(H,22,25)(H,23,24)(H,26,27). The quantitative estimate of drug-likeness (QED) is 0.470. The molecule has 2 aromatic carbocycles. The Labute approximate surface area is 159 Å². The molecule has 8 heteroatoms. The normalized spacial score (nSPS) is 10.7. The van der Waals surface area contributed by atoms with Crippen LogP contribution in [0.1, 0.15) is 16.1 Å². The molecule has 3 N–H and O–H groups in total. The van der Waals surface area contributed by atoms with Crippen molar-refractivity contribution in [3.63, 3.8) is 0 Å². The predicted molar refractivity (Wildman–Crippen MR) is 104 cm³/mol. The Morgan fingerprint density at radius 2 is 1.93 bits per heavy atom. The Balaban J connectivity index is 1.49. The highest BCUT2D eigenvalue weighted by Gasteiger charge is 2.09. The van der Waals surface area contributed by atoms with Gasteiger partial charge in [0.2, 0.25) is 0 Å². The number of carbonyl (C=O) groups is 1. The molecule has 0 bridgehead atoms. The van der Waals surface area contributed by atoms with Crippen molar-refractivity contribution >= 4 is 34.2 Å². The van der Waals surface area contributed by atoms with Gasteiger partial charge in [0.05, 0.1) is 23.6 Å². The van der Waals surface area contributed by atoms with Crippen LogP contribution in [-0.2, 0) is 0 Å². The van der Waals surface area contributed by atoms with E-state index >= 15 is 0 Å². The number of hydrazine groups is 1. The molecule has 2 aromatic heterocycles. The second-order valence-electron chi connectivity index (χ2n) is 5.96. The summed E-state index contributed by atoms with van der Waals surface area (Å²) in [5.41, 5.74) is 9.22. The number of nitrogens with zero attached hydrogens (tertiary/aromatic N) is 3. The average molecular weight is 379 g/mol. The molecular formula is C19H15ClN6O. The van der Waals surface area contributed by atoms with Crippen LogP contribution in [0.5, 0.6) is 0 Å². The molecule has 4 aromatic rings. The second-order valence-corrected chi connectivity index (χ2v) is 6.39. The van der Waals surface area contributed by atoms with Gasteiger partial charge in [0, 0.05) is 27.2 Å². The van der Waals surface area contributed by atoms with Crippen LogP contribution in [0.25, 0.3) is 22.2 Å². The first-order chi connectivity index (χ1) is 13.1. The number of hydrogen-bond acceptors (Lipinski definition) is 5. The van der Waals surface area contributed by atoms with Gasteiger partial charge in [-0.3, -0.25) is 25.7 Å². The van der Waals surface area contributed by atoms with E-state index in [1.807, 2.05) is 19.1 Å². The molecule has 0 aliphatic heterocycles. The molecule has 0 aliphatic rings. The van der Waals surface area contributed by atoms with Crippen molar-refractivity contribution in [3.05, 3.63) is 71.1 Å². The van der Waals surface area contributed by atoms with Crippen molar-refractivity contribution in [1.82, 2.24) is 25.6 Å². The van der Waals surface area contributed by atoms with Gasteiger partial charge in [-0.05, 0) is 37.3 Å². The molecule has 0 spiro atoms. The van der Waals surface area contributed by atoms with E-state index in [-0.39, 0.29) is 5.91 Å². The Bertz CT molecular complexity index is 1120. The largest absolute Gasteiger partial charge is 0.282 e. The summed E-state index contributed by atoms with van der Waals surface area (Å²) in [6, 6.07) is 12.6. The summed E-state index contributed by atoms with van der Waals surface area (Å²) in [4.78, 5) is 21.0.